The van der Waals surface area contributed by atoms with E-state index in [1.807, 2.05) is 30.3 Å². The number of rotatable bonds is 5. The maximum absolute atomic E-state index is 10.5. The van der Waals surface area contributed by atoms with Crippen LogP contribution >= 0.6 is 11.6 Å². The fraction of sp³-hybridized carbons (Fsp3) is 0.333. The summed E-state index contributed by atoms with van der Waals surface area (Å²) >= 11 is 5.71. The number of hydrogen-bond acceptors (Lipinski definition) is 3. The molecule has 1 atom stereocenters. The van der Waals surface area contributed by atoms with Crippen molar-refractivity contribution >= 4 is 27.4 Å². The summed E-state index contributed by atoms with van der Waals surface area (Å²) in [4.78, 5) is 0. The minimum atomic E-state index is -4.00. The van der Waals surface area contributed by atoms with Gasteiger partial charge in [0.2, 0.25) is 0 Å². The van der Waals surface area contributed by atoms with E-state index in [1.54, 1.807) is 0 Å². The molecule has 0 saturated heterocycles. The van der Waals surface area contributed by atoms with Gasteiger partial charge in [0.1, 0.15) is 0 Å². The molecule has 6 heteroatoms. The standard InChI is InChI=1S/C9H12ClNO3S/c10-8(7-15(12,13)14)6-11-9-4-2-1-3-5-9/h1-5,8,11H,6-7H2,(H,12,13,14). The van der Waals surface area contributed by atoms with Crippen molar-refractivity contribution in [1.29, 1.82) is 0 Å². The van der Waals surface area contributed by atoms with Gasteiger partial charge in [0.25, 0.3) is 10.1 Å². The van der Waals surface area contributed by atoms with Crippen LogP contribution in [0, 0.1) is 0 Å². The number of alkyl halides is 1. The van der Waals surface area contributed by atoms with Crippen molar-refractivity contribution in [2.45, 2.75) is 5.38 Å². The van der Waals surface area contributed by atoms with E-state index in [4.69, 9.17) is 16.2 Å². The average molecular weight is 250 g/mol. The van der Waals surface area contributed by atoms with Crippen LogP contribution in [0.25, 0.3) is 0 Å². The highest BCUT2D eigenvalue weighted by atomic mass is 35.5. The van der Waals surface area contributed by atoms with Gasteiger partial charge in [-0.3, -0.25) is 4.55 Å². The van der Waals surface area contributed by atoms with Crippen molar-refractivity contribution < 1.29 is 13.0 Å². The Morgan fingerprint density at radius 1 is 1.33 bits per heavy atom. The lowest BCUT2D eigenvalue weighted by molar-refractivity contribution is 0.482. The Bertz CT molecular complexity index is 393. The molecule has 1 aromatic carbocycles. The molecule has 0 heterocycles. The molecule has 0 bridgehead atoms. The molecular weight excluding hydrogens is 238 g/mol. The molecule has 0 radical (unpaired) electrons. The first-order valence-electron chi connectivity index (χ1n) is 4.35. The molecule has 0 fully saturated rings. The molecule has 0 spiro atoms. The maximum Gasteiger partial charge on any atom is 0.266 e. The molecule has 0 aliphatic heterocycles. The van der Waals surface area contributed by atoms with Gasteiger partial charge in [0.05, 0.1) is 11.1 Å². The lowest BCUT2D eigenvalue weighted by Crippen LogP contribution is -2.23. The lowest BCUT2D eigenvalue weighted by Gasteiger charge is -2.09. The number of hydrogen-bond donors (Lipinski definition) is 2. The second-order valence-electron chi connectivity index (χ2n) is 3.09. The van der Waals surface area contributed by atoms with Gasteiger partial charge in [0, 0.05) is 12.2 Å². The van der Waals surface area contributed by atoms with Crippen molar-refractivity contribution in [2.75, 3.05) is 17.6 Å². The number of halogens is 1. The van der Waals surface area contributed by atoms with Crippen molar-refractivity contribution in [3.05, 3.63) is 30.3 Å². The number of nitrogens with one attached hydrogen (secondary N) is 1. The van der Waals surface area contributed by atoms with E-state index >= 15 is 0 Å². The lowest BCUT2D eigenvalue weighted by atomic mass is 10.3. The summed E-state index contributed by atoms with van der Waals surface area (Å²) in [6.45, 7) is 0.283. The Morgan fingerprint density at radius 2 is 1.93 bits per heavy atom. The van der Waals surface area contributed by atoms with Crippen molar-refractivity contribution in [3.8, 4) is 0 Å². The molecular formula is C9H12ClNO3S. The molecule has 15 heavy (non-hydrogen) atoms. The first kappa shape index (κ1) is 12.3. The molecule has 0 saturated carbocycles. The van der Waals surface area contributed by atoms with Crippen LogP contribution in [0.1, 0.15) is 0 Å². The third-order valence-electron chi connectivity index (χ3n) is 1.69. The van der Waals surface area contributed by atoms with Crippen molar-refractivity contribution in [1.82, 2.24) is 0 Å². The zero-order chi connectivity index (χ0) is 11.3. The summed E-state index contributed by atoms with van der Waals surface area (Å²) in [5, 5.41) is 2.31. The van der Waals surface area contributed by atoms with E-state index in [1.165, 1.54) is 0 Å². The fourth-order valence-electron chi connectivity index (χ4n) is 1.07. The monoisotopic (exact) mass is 249 g/mol. The van der Waals surface area contributed by atoms with Gasteiger partial charge in [0.15, 0.2) is 0 Å². The number of para-hydroxylation sites is 1. The molecule has 4 nitrogen and oxygen atoms in total. The van der Waals surface area contributed by atoms with E-state index < -0.39 is 21.2 Å². The van der Waals surface area contributed by atoms with Gasteiger partial charge >= 0.3 is 0 Å². The number of anilines is 1. The zero-order valence-electron chi connectivity index (χ0n) is 7.93. The quantitative estimate of drug-likeness (QED) is 0.614. The third-order valence-corrected chi connectivity index (χ3v) is 3.01. The maximum atomic E-state index is 10.5. The first-order chi connectivity index (χ1) is 6.97. The Labute approximate surface area is 94.0 Å². The van der Waals surface area contributed by atoms with Crippen LogP contribution in [-0.4, -0.2) is 30.6 Å². The smallest absolute Gasteiger partial charge is 0.266 e. The van der Waals surface area contributed by atoms with E-state index in [2.05, 4.69) is 5.32 Å². The SMILES string of the molecule is O=S(=O)(O)CC(Cl)CNc1ccccc1. The highest BCUT2D eigenvalue weighted by molar-refractivity contribution is 7.85. The highest BCUT2D eigenvalue weighted by Gasteiger charge is 2.13. The van der Waals surface area contributed by atoms with Crippen LogP contribution in [0.5, 0.6) is 0 Å². The first-order valence-corrected chi connectivity index (χ1v) is 6.40. The molecule has 84 valence electrons. The Balaban J connectivity index is 2.38. The van der Waals surface area contributed by atoms with Gasteiger partial charge in [-0.25, -0.2) is 0 Å². The zero-order valence-corrected chi connectivity index (χ0v) is 9.50. The van der Waals surface area contributed by atoms with Crippen LogP contribution in [0.15, 0.2) is 30.3 Å². The third kappa shape index (κ3) is 5.61. The second kappa shape index (κ2) is 5.34. The molecule has 0 amide bonds. The molecule has 1 aromatic rings. The second-order valence-corrected chi connectivity index (χ2v) is 5.21. The molecule has 0 aromatic heterocycles. The molecule has 2 N–H and O–H groups in total. The summed E-state index contributed by atoms with van der Waals surface area (Å²) in [5.74, 6) is -0.450. The van der Waals surface area contributed by atoms with Crippen LogP contribution in [0.3, 0.4) is 0 Å². The molecule has 1 unspecified atom stereocenters. The molecule has 0 aliphatic carbocycles. The Kier molecular flexibility index (Phi) is 4.38. The van der Waals surface area contributed by atoms with Gasteiger partial charge in [-0.2, -0.15) is 8.42 Å². The summed E-state index contributed by atoms with van der Waals surface area (Å²) in [5.41, 5.74) is 0.860. The fourth-order valence-corrected chi connectivity index (χ4v) is 2.20. The van der Waals surface area contributed by atoms with Crippen LogP contribution < -0.4 is 5.32 Å². The van der Waals surface area contributed by atoms with Crippen molar-refractivity contribution in [3.63, 3.8) is 0 Å². The van der Waals surface area contributed by atoms with Crippen LogP contribution in [0.4, 0.5) is 5.69 Å². The highest BCUT2D eigenvalue weighted by Crippen LogP contribution is 2.07. The Hall–Kier alpha value is -0.780. The van der Waals surface area contributed by atoms with Gasteiger partial charge < -0.3 is 5.32 Å². The van der Waals surface area contributed by atoms with Crippen LogP contribution in [0.2, 0.25) is 0 Å². The summed E-state index contributed by atoms with van der Waals surface area (Å²) in [6.07, 6.45) is 0. The van der Waals surface area contributed by atoms with E-state index in [-0.39, 0.29) is 6.54 Å². The summed E-state index contributed by atoms with van der Waals surface area (Å²) < 4.78 is 29.5. The normalized spacial score (nSPS) is 13.5. The molecule has 1 rings (SSSR count). The van der Waals surface area contributed by atoms with Crippen LogP contribution in [-0.2, 0) is 10.1 Å². The van der Waals surface area contributed by atoms with Crippen molar-refractivity contribution in [2.24, 2.45) is 0 Å². The number of benzene rings is 1. The minimum Gasteiger partial charge on any atom is -0.384 e. The summed E-state index contributed by atoms with van der Waals surface area (Å²) in [7, 11) is -4.00. The topological polar surface area (TPSA) is 66.4 Å². The predicted octanol–water partition coefficient (Wildman–Crippen LogP) is 1.59. The average Bonchev–Trinajstić information content (AvgIpc) is 2.14. The largest absolute Gasteiger partial charge is 0.384 e. The van der Waals surface area contributed by atoms with E-state index in [9.17, 15) is 8.42 Å². The van der Waals surface area contributed by atoms with Gasteiger partial charge in [-0.15, -0.1) is 11.6 Å². The van der Waals surface area contributed by atoms with E-state index in [0.717, 1.165) is 5.69 Å². The summed E-state index contributed by atoms with van der Waals surface area (Å²) in [6, 6.07) is 9.28. The Morgan fingerprint density at radius 3 is 2.47 bits per heavy atom. The minimum absolute atomic E-state index is 0.283. The van der Waals surface area contributed by atoms with E-state index in [0.29, 0.717) is 0 Å². The van der Waals surface area contributed by atoms with Gasteiger partial charge in [-0.1, -0.05) is 18.2 Å². The molecule has 0 aliphatic rings. The van der Waals surface area contributed by atoms with Gasteiger partial charge in [-0.05, 0) is 12.1 Å². The predicted molar refractivity (Wildman–Crippen MR) is 61.0 cm³/mol.